The molecule has 0 saturated carbocycles. The number of esters is 1. The molecule has 0 radical (unpaired) electrons. The molecule has 0 aliphatic carbocycles. The highest BCUT2D eigenvalue weighted by Gasteiger charge is 2.01. The van der Waals surface area contributed by atoms with Crippen molar-refractivity contribution in [3.8, 4) is 0 Å². The lowest BCUT2D eigenvalue weighted by Crippen LogP contribution is -2.01. The fraction of sp³-hybridized carbons (Fsp3) is 0.857. The van der Waals surface area contributed by atoms with E-state index in [4.69, 9.17) is 0 Å². The monoisotopic (exact) mass is 340 g/mol. The summed E-state index contributed by atoms with van der Waals surface area (Å²) in [6, 6.07) is 0. The van der Waals surface area contributed by atoms with Crippen LogP contribution in [-0.2, 0) is 9.53 Å². The lowest BCUT2D eigenvalue weighted by atomic mass is 10.1. The molecule has 0 aliphatic rings. The van der Waals surface area contributed by atoms with Crippen LogP contribution < -0.4 is 0 Å². The van der Waals surface area contributed by atoms with Gasteiger partial charge in [0.1, 0.15) is 0 Å². The molecular weight excluding hydrogens is 300 g/mol. The number of ether oxygens (including phenoxy) is 1. The van der Waals surface area contributed by atoms with E-state index in [0.29, 0.717) is 6.42 Å². The highest BCUT2D eigenvalue weighted by Crippen LogP contribution is 2.11. The van der Waals surface area contributed by atoms with Gasteiger partial charge in [0.2, 0.25) is 0 Å². The summed E-state index contributed by atoms with van der Waals surface area (Å²) in [5, 5.41) is 9.91. The minimum atomic E-state index is -0.274. The van der Waals surface area contributed by atoms with E-state index in [1.807, 2.05) is 6.08 Å². The van der Waals surface area contributed by atoms with Gasteiger partial charge in [-0.1, -0.05) is 83.3 Å². The van der Waals surface area contributed by atoms with Crippen molar-refractivity contribution in [1.82, 2.24) is 0 Å². The van der Waals surface area contributed by atoms with E-state index in [2.05, 4.69) is 17.7 Å². The van der Waals surface area contributed by atoms with Crippen LogP contribution in [0.3, 0.4) is 0 Å². The van der Waals surface area contributed by atoms with E-state index < -0.39 is 0 Å². The largest absolute Gasteiger partial charge is 0.469 e. The Bertz CT molecular complexity index is 299. The Morgan fingerprint density at radius 3 is 2.17 bits per heavy atom. The van der Waals surface area contributed by atoms with Crippen LogP contribution >= 0.6 is 0 Å². The number of hydrogen-bond donors (Lipinski definition) is 1. The number of aliphatic hydroxyl groups is 1. The molecule has 24 heavy (non-hydrogen) atoms. The zero-order valence-electron chi connectivity index (χ0n) is 16.1. The fourth-order valence-electron chi connectivity index (χ4n) is 2.82. The molecular formula is C21H40O3. The summed E-state index contributed by atoms with van der Waals surface area (Å²) in [6.07, 6.45) is 20.9. The van der Waals surface area contributed by atoms with Crippen molar-refractivity contribution in [2.45, 2.75) is 109 Å². The predicted molar refractivity (Wildman–Crippen MR) is 102 cm³/mol. The molecule has 3 nitrogen and oxygen atoms in total. The lowest BCUT2D eigenvalue weighted by Gasteiger charge is -2.05. The Morgan fingerprint density at radius 1 is 0.917 bits per heavy atom. The number of carbonyl (C=O) groups excluding carboxylic acids is 1. The van der Waals surface area contributed by atoms with Gasteiger partial charge in [-0.05, 0) is 25.7 Å². The molecule has 1 atom stereocenters. The summed E-state index contributed by atoms with van der Waals surface area (Å²) in [5.74, 6) is -0.106. The van der Waals surface area contributed by atoms with Crippen molar-refractivity contribution in [3.05, 3.63) is 12.2 Å². The summed E-state index contributed by atoms with van der Waals surface area (Å²) in [7, 11) is 1.44. The maximum Gasteiger partial charge on any atom is 0.305 e. The number of carbonyl (C=O) groups is 1. The topological polar surface area (TPSA) is 46.5 Å². The third kappa shape index (κ3) is 17.5. The molecule has 1 unspecified atom stereocenters. The van der Waals surface area contributed by atoms with Crippen molar-refractivity contribution in [1.29, 1.82) is 0 Å². The zero-order valence-corrected chi connectivity index (χ0v) is 16.1. The van der Waals surface area contributed by atoms with E-state index in [1.165, 1.54) is 64.9 Å². The van der Waals surface area contributed by atoms with E-state index in [1.54, 1.807) is 0 Å². The van der Waals surface area contributed by atoms with Crippen LogP contribution in [0.2, 0.25) is 0 Å². The number of allylic oxidation sites excluding steroid dienone is 1. The maximum atomic E-state index is 11.0. The number of aliphatic hydroxyl groups excluding tert-OH is 1. The van der Waals surface area contributed by atoms with Crippen LogP contribution in [0.5, 0.6) is 0 Å². The van der Waals surface area contributed by atoms with Gasteiger partial charge in [-0.2, -0.15) is 0 Å². The Labute approximate surface area is 149 Å². The average molecular weight is 341 g/mol. The van der Waals surface area contributed by atoms with Crippen LogP contribution in [0.1, 0.15) is 103 Å². The third-order valence-electron chi connectivity index (χ3n) is 4.44. The Kier molecular flexibility index (Phi) is 17.9. The first-order valence-corrected chi connectivity index (χ1v) is 10.1. The fourth-order valence-corrected chi connectivity index (χ4v) is 2.82. The Balaban J connectivity index is 3.29. The molecule has 0 saturated heterocycles. The molecule has 0 bridgehead atoms. The highest BCUT2D eigenvalue weighted by atomic mass is 16.5. The van der Waals surface area contributed by atoms with Gasteiger partial charge in [0.05, 0.1) is 13.2 Å². The summed E-state index contributed by atoms with van der Waals surface area (Å²) in [5.41, 5.74) is 0. The van der Waals surface area contributed by atoms with Crippen molar-refractivity contribution >= 4 is 5.97 Å². The van der Waals surface area contributed by atoms with Crippen LogP contribution in [-0.4, -0.2) is 24.3 Å². The summed E-state index contributed by atoms with van der Waals surface area (Å²) in [4.78, 5) is 11.0. The zero-order chi connectivity index (χ0) is 17.9. The highest BCUT2D eigenvalue weighted by molar-refractivity contribution is 5.68. The lowest BCUT2D eigenvalue weighted by molar-refractivity contribution is -0.140. The van der Waals surface area contributed by atoms with Gasteiger partial charge >= 0.3 is 5.97 Å². The molecule has 3 heteroatoms. The van der Waals surface area contributed by atoms with Gasteiger partial charge in [0.25, 0.3) is 0 Å². The minimum absolute atomic E-state index is 0.106. The van der Waals surface area contributed by atoms with Gasteiger partial charge in [0.15, 0.2) is 0 Å². The molecule has 1 N–H and O–H groups in total. The van der Waals surface area contributed by atoms with E-state index >= 15 is 0 Å². The number of rotatable bonds is 17. The molecule has 0 rings (SSSR count). The Morgan fingerprint density at radius 2 is 1.50 bits per heavy atom. The maximum absolute atomic E-state index is 11.0. The van der Waals surface area contributed by atoms with Crippen molar-refractivity contribution in [2.24, 2.45) is 0 Å². The number of methoxy groups -OCH3 is 1. The minimum Gasteiger partial charge on any atom is -0.469 e. The molecule has 0 fully saturated rings. The molecule has 0 amide bonds. The van der Waals surface area contributed by atoms with Crippen LogP contribution in [0.15, 0.2) is 12.2 Å². The smallest absolute Gasteiger partial charge is 0.305 e. The van der Waals surface area contributed by atoms with E-state index in [-0.39, 0.29) is 12.1 Å². The van der Waals surface area contributed by atoms with Crippen LogP contribution in [0, 0.1) is 0 Å². The molecule has 142 valence electrons. The van der Waals surface area contributed by atoms with Crippen LogP contribution in [0.25, 0.3) is 0 Å². The van der Waals surface area contributed by atoms with Crippen LogP contribution in [0.4, 0.5) is 0 Å². The van der Waals surface area contributed by atoms with Gasteiger partial charge in [-0.3, -0.25) is 4.79 Å². The van der Waals surface area contributed by atoms with Gasteiger partial charge in [0, 0.05) is 6.42 Å². The normalized spacial score (nSPS) is 12.6. The number of unbranched alkanes of at least 4 members (excludes halogenated alkanes) is 11. The first-order chi connectivity index (χ1) is 11.7. The van der Waals surface area contributed by atoms with E-state index in [9.17, 15) is 9.90 Å². The number of hydrogen-bond acceptors (Lipinski definition) is 3. The second kappa shape index (κ2) is 18.5. The summed E-state index contributed by atoms with van der Waals surface area (Å²) < 4.78 is 4.62. The summed E-state index contributed by atoms with van der Waals surface area (Å²) in [6.45, 7) is 2.25. The molecule has 0 aromatic heterocycles. The molecule has 0 spiro atoms. The molecule has 0 aromatic rings. The first-order valence-electron chi connectivity index (χ1n) is 10.1. The predicted octanol–water partition coefficient (Wildman–Crippen LogP) is 5.95. The molecule has 0 heterocycles. The second-order valence-electron chi connectivity index (χ2n) is 6.79. The van der Waals surface area contributed by atoms with Crippen molar-refractivity contribution < 1.29 is 14.6 Å². The van der Waals surface area contributed by atoms with E-state index in [0.717, 1.165) is 32.1 Å². The van der Waals surface area contributed by atoms with Gasteiger partial charge < -0.3 is 9.84 Å². The quantitative estimate of drug-likeness (QED) is 0.202. The summed E-state index contributed by atoms with van der Waals surface area (Å²) >= 11 is 0. The first kappa shape index (κ1) is 23.2. The van der Waals surface area contributed by atoms with Gasteiger partial charge in [-0.15, -0.1) is 0 Å². The standard InChI is InChI=1S/C21H40O3/c1-3-4-5-6-7-8-11-14-17-20(22)18-15-12-9-10-13-16-19-21(23)24-2/h14,17,20,22H,3-13,15-16,18-19H2,1-2H3. The van der Waals surface area contributed by atoms with Crippen molar-refractivity contribution in [2.75, 3.05) is 7.11 Å². The third-order valence-corrected chi connectivity index (χ3v) is 4.44. The van der Waals surface area contributed by atoms with Gasteiger partial charge in [-0.25, -0.2) is 0 Å². The SMILES string of the molecule is CCCCCCCCC=CC(O)CCCCCCCCC(=O)OC. The molecule has 0 aromatic carbocycles. The molecule has 0 aliphatic heterocycles. The second-order valence-corrected chi connectivity index (χ2v) is 6.79. The van der Waals surface area contributed by atoms with Crippen molar-refractivity contribution in [3.63, 3.8) is 0 Å². The Hall–Kier alpha value is -0.830. The average Bonchev–Trinajstić information content (AvgIpc) is 2.59.